The quantitative estimate of drug-likeness (QED) is 0.545. The highest BCUT2D eigenvalue weighted by atomic mass is 16.7. The van der Waals surface area contributed by atoms with Gasteiger partial charge in [-0.25, -0.2) is 5.48 Å². The first-order valence-corrected chi connectivity index (χ1v) is 3.38. The Morgan fingerprint density at radius 2 is 2.50 bits per heavy atom. The van der Waals surface area contributed by atoms with Gasteiger partial charge in [0.1, 0.15) is 6.04 Å². The van der Waals surface area contributed by atoms with Gasteiger partial charge in [0, 0.05) is 6.04 Å². The molecule has 1 saturated heterocycles. The first-order chi connectivity index (χ1) is 4.70. The number of amides is 1. The molecule has 0 bridgehead atoms. The van der Waals surface area contributed by atoms with E-state index in [1.807, 2.05) is 13.8 Å². The lowest BCUT2D eigenvalue weighted by Crippen LogP contribution is -2.41. The molecule has 0 radical (unpaired) electrons. The minimum absolute atomic E-state index is 0.0753. The molecule has 0 aromatic heterocycles. The van der Waals surface area contributed by atoms with Crippen molar-refractivity contribution in [1.82, 2.24) is 10.8 Å². The minimum Gasteiger partial charge on any atom is -0.302 e. The topological polar surface area (TPSA) is 50.4 Å². The van der Waals surface area contributed by atoms with Crippen molar-refractivity contribution >= 4 is 5.91 Å². The molecule has 1 aliphatic heterocycles. The smallest absolute Gasteiger partial charge is 0.263 e. The van der Waals surface area contributed by atoms with E-state index in [-0.39, 0.29) is 11.9 Å². The molecular weight excluding hydrogens is 132 g/mol. The van der Waals surface area contributed by atoms with Crippen molar-refractivity contribution in [3.05, 3.63) is 0 Å². The SMILES string of the molecule is CC(C)NC1CONC1=O. The van der Waals surface area contributed by atoms with Crippen molar-refractivity contribution < 1.29 is 9.63 Å². The van der Waals surface area contributed by atoms with Gasteiger partial charge in [-0.1, -0.05) is 13.8 Å². The van der Waals surface area contributed by atoms with E-state index in [2.05, 4.69) is 10.8 Å². The molecule has 4 heteroatoms. The normalized spacial score (nSPS) is 25.5. The van der Waals surface area contributed by atoms with Gasteiger partial charge in [-0.05, 0) is 0 Å². The Morgan fingerprint density at radius 3 is 2.90 bits per heavy atom. The van der Waals surface area contributed by atoms with Crippen LogP contribution in [0.4, 0.5) is 0 Å². The number of rotatable bonds is 2. The molecule has 58 valence electrons. The summed E-state index contributed by atoms with van der Waals surface area (Å²) in [6, 6.07) is 0.150. The summed E-state index contributed by atoms with van der Waals surface area (Å²) in [4.78, 5) is 15.5. The minimum atomic E-state index is -0.167. The Hall–Kier alpha value is -0.610. The Kier molecular flexibility index (Phi) is 2.24. The average molecular weight is 144 g/mol. The maximum atomic E-state index is 10.8. The van der Waals surface area contributed by atoms with Crippen LogP contribution in [-0.4, -0.2) is 24.6 Å². The summed E-state index contributed by atoms with van der Waals surface area (Å²) in [5.41, 5.74) is 2.27. The van der Waals surface area contributed by atoms with E-state index in [0.717, 1.165) is 0 Å². The van der Waals surface area contributed by atoms with Crippen LogP contribution >= 0.6 is 0 Å². The lowest BCUT2D eigenvalue weighted by atomic mass is 10.2. The second kappa shape index (κ2) is 2.98. The second-order valence-electron chi connectivity index (χ2n) is 2.65. The van der Waals surface area contributed by atoms with E-state index in [0.29, 0.717) is 12.6 Å². The van der Waals surface area contributed by atoms with E-state index in [9.17, 15) is 4.79 Å². The number of hydrogen-bond acceptors (Lipinski definition) is 3. The number of hydroxylamine groups is 1. The van der Waals surface area contributed by atoms with Crippen LogP contribution in [0.3, 0.4) is 0 Å². The van der Waals surface area contributed by atoms with Crippen LogP contribution in [0, 0.1) is 0 Å². The third-order valence-electron chi connectivity index (χ3n) is 1.27. The zero-order valence-electron chi connectivity index (χ0n) is 6.18. The highest BCUT2D eigenvalue weighted by molar-refractivity contribution is 5.82. The predicted octanol–water partition coefficient (Wildman–Crippen LogP) is -0.586. The molecule has 1 rings (SSSR count). The molecule has 0 spiro atoms. The van der Waals surface area contributed by atoms with Gasteiger partial charge in [-0.2, -0.15) is 0 Å². The maximum Gasteiger partial charge on any atom is 0.263 e. The number of nitrogens with one attached hydrogen (secondary N) is 2. The summed E-state index contributed by atoms with van der Waals surface area (Å²) in [5, 5.41) is 3.05. The van der Waals surface area contributed by atoms with E-state index in [1.54, 1.807) is 0 Å². The molecule has 0 aliphatic carbocycles. The lowest BCUT2D eigenvalue weighted by molar-refractivity contribution is -0.125. The molecule has 2 N–H and O–H groups in total. The average Bonchev–Trinajstić information content (AvgIpc) is 2.15. The van der Waals surface area contributed by atoms with E-state index >= 15 is 0 Å². The monoisotopic (exact) mass is 144 g/mol. The fraction of sp³-hybridized carbons (Fsp3) is 0.833. The van der Waals surface area contributed by atoms with Gasteiger partial charge in [0.05, 0.1) is 6.61 Å². The lowest BCUT2D eigenvalue weighted by Gasteiger charge is -2.10. The molecule has 0 saturated carbocycles. The number of carbonyl (C=O) groups excluding carboxylic acids is 1. The standard InChI is InChI=1S/C6H12N2O2/c1-4(2)7-5-3-10-8-6(5)9/h4-5,7H,3H2,1-2H3,(H,8,9). The van der Waals surface area contributed by atoms with Gasteiger partial charge in [0.25, 0.3) is 5.91 Å². The summed E-state index contributed by atoms with van der Waals surface area (Å²) < 4.78 is 0. The van der Waals surface area contributed by atoms with Gasteiger partial charge < -0.3 is 5.32 Å². The van der Waals surface area contributed by atoms with Crippen LogP contribution < -0.4 is 10.8 Å². The van der Waals surface area contributed by atoms with Crippen LogP contribution in [-0.2, 0) is 9.63 Å². The molecule has 10 heavy (non-hydrogen) atoms. The zero-order valence-corrected chi connectivity index (χ0v) is 6.18. The zero-order chi connectivity index (χ0) is 7.56. The molecule has 4 nitrogen and oxygen atoms in total. The highest BCUT2D eigenvalue weighted by Gasteiger charge is 2.25. The van der Waals surface area contributed by atoms with Crippen molar-refractivity contribution in [1.29, 1.82) is 0 Å². The highest BCUT2D eigenvalue weighted by Crippen LogP contribution is 1.95. The van der Waals surface area contributed by atoms with Crippen molar-refractivity contribution in [3.8, 4) is 0 Å². The van der Waals surface area contributed by atoms with Crippen molar-refractivity contribution in [2.75, 3.05) is 6.61 Å². The Balaban J connectivity index is 2.33. The molecule has 0 aromatic rings. The number of carbonyl (C=O) groups is 1. The summed E-state index contributed by atoms with van der Waals surface area (Å²) in [6.07, 6.45) is 0. The number of hydrogen-bond donors (Lipinski definition) is 2. The van der Waals surface area contributed by atoms with E-state index in [1.165, 1.54) is 0 Å². The van der Waals surface area contributed by atoms with E-state index < -0.39 is 0 Å². The molecule has 1 atom stereocenters. The first kappa shape index (κ1) is 7.50. The summed E-state index contributed by atoms with van der Waals surface area (Å²) in [5.74, 6) is -0.0753. The van der Waals surface area contributed by atoms with E-state index in [4.69, 9.17) is 4.84 Å². The van der Waals surface area contributed by atoms with Crippen molar-refractivity contribution in [2.24, 2.45) is 0 Å². The van der Waals surface area contributed by atoms with Gasteiger partial charge in [-0.15, -0.1) is 0 Å². The molecule has 0 aromatic carbocycles. The molecular formula is C6H12N2O2. The Labute approximate surface area is 59.9 Å². The third-order valence-corrected chi connectivity index (χ3v) is 1.27. The molecule has 1 heterocycles. The van der Waals surface area contributed by atoms with Gasteiger partial charge in [0.15, 0.2) is 0 Å². The molecule has 1 unspecified atom stereocenters. The Morgan fingerprint density at radius 1 is 1.80 bits per heavy atom. The second-order valence-corrected chi connectivity index (χ2v) is 2.65. The predicted molar refractivity (Wildman–Crippen MR) is 36.2 cm³/mol. The molecule has 1 fully saturated rings. The molecule has 1 amide bonds. The first-order valence-electron chi connectivity index (χ1n) is 3.38. The fourth-order valence-corrected chi connectivity index (χ4v) is 0.869. The van der Waals surface area contributed by atoms with Crippen LogP contribution in [0.2, 0.25) is 0 Å². The van der Waals surface area contributed by atoms with Gasteiger partial charge in [-0.3, -0.25) is 9.63 Å². The van der Waals surface area contributed by atoms with Crippen LogP contribution in [0.15, 0.2) is 0 Å². The maximum absolute atomic E-state index is 10.8. The van der Waals surface area contributed by atoms with Gasteiger partial charge in [0.2, 0.25) is 0 Å². The van der Waals surface area contributed by atoms with Crippen LogP contribution in [0.1, 0.15) is 13.8 Å². The molecule has 1 aliphatic rings. The van der Waals surface area contributed by atoms with Crippen LogP contribution in [0.25, 0.3) is 0 Å². The summed E-state index contributed by atoms with van der Waals surface area (Å²) >= 11 is 0. The summed E-state index contributed by atoms with van der Waals surface area (Å²) in [7, 11) is 0. The van der Waals surface area contributed by atoms with Gasteiger partial charge >= 0.3 is 0 Å². The van der Waals surface area contributed by atoms with Crippen molar-refractivity contribution in [3.63, 3.8) is 0 Å². The third kappa shape index (κ3) is 1.68. The summed E-state index contributed by atoms with van der Waals surface area (Å²) in [6.45, 7) is 4.41. The largest absolute Gasteiger partial charge is 0.302 e. The van der Waals surface area contributed by atoms with Crippen LogP contribution in [0.5, 0.6) is 0 Å². The Bertz CT molecular complexity index is 136. The fourth-order valence-electron chi connectivity index (χ4n) is 0.869. The van der Waals surface area contributed by atoms with Crippen molar-refractivity contribution in [2.45, 2.75) is 25.9 Å².